The summed E-state index contributed by atoms with van der Waals surface area (Å²) in [5.41, 5.74) is 2.66. The largest absolute Gasteiger partial charge is 0.493 e. The third-order valence-electron chi connectivity index (χ3n) is 4.44. The van der Waals surface area contributed by atoms with Crippen molar-refractivity contribution >= 4 is 11.6 Å². The van der Waals surface area contributed by atoms with Gasteiger partial charge in [0, 0.05) is 30.9 Å². The summed E-state index contributed by atoms with van der Waals surface area (Å²) >= 11 is 0. The molecule has 2 rings (SSSR count). The van der Waals surface area contributed by atoms with Gasteiger partial charge in [-0.1, -0.05) is 12.1 Å². The molecule has 6 nitrogen and oxygen atoms in total. The predicted molar refractivity (Wildman–Crippen MR) is 107 cm³/mol. The normalized spacial score (nSPS) is 10.3. The first-order chi connectivity index (χ1) is 13.1. The number of rotatable bonds is 9. The van der Waals surface area contributed by atoms with E-state index in [1.165, 1.54) is 27.0 Å². The van der Waals surface area contributed by atoms with Gasteiger partial charge in [0.25, 0.3) is 5.91 Å². The molecule has 0 atom stereocenters. The van der Waals surface area contributed by atoms with Gasteiger partial charge in [-0.15, -0.1) is 0 Å². The van der Waals surface area contributed by atoms with Crippen molar-refractivity contribution in [3.63, 3.8) is 0 Å². The second kappa shape index (κ2) is 9.71. The van der Waals surface area contributed by atoms with E-state index in [-0.39, 0.29) is 5.91 Å². The molecule has 6 heteroatoms. The van der Waals surface area contributed by atoms with E-state index in [9.17, 15) is 4.79 Å². The van der Waals surface area contributed by atoms with Crippen LogP contribution < -0.4 is 24.4 Å². The highest BCUT2D eigenvalue weighted by molar-refractivity contribution is 5.95. The van der Waals surface area contributed by atoms with Crippen molar-refractivity contribution in [1.29, 1.82) is 0 Å². The van der Waals surface area contributed by atoms with E-state index in [0.717, 1.165) is 18.7 Å². The molecule has 1 N–H and O–H groups in total. The molecule has 0 heterocycles. The second-order valence-corrected chi connectivity index (χ2v) is 5.94. The molecule has 0 bridgehead atoms. The molecule has 2 aromatic carbocycles. The summed E-state index contributed by atoms with van der Waals surface area (Å²) in [6, 6.07) is 11.5. The monoisotopic (exact) mass is 372 g/mol. The lowest BCUT2D eigenvalue weighted by atomic mass is 10.1. The van der Waals surface area contributed by atoms with E-state index in [1.807, 2.05) is 12.1 Å². The number of carbonyl (C=O) groups excluding carboxylic acids is 1. The lowest BCUT2D eigenvalue weighted by molar-refractivity contribution is 0.0950. The first-order valence-corrected chi connectivity index (χ1v) is 8.99. The molecular weight excluding hydrogens is 344 g/mol. The van der Waals surface area contributed by atoms with Gasteiger partial charge in [0.1, 0.15) is 0 Å². The first kappa shape index (κ1) is 20.4. The van der Waals surface area contributed by atoms with Crippen LogP contribution in [0.4, 0.5) is 5.69 Å². The van der Waals surface area contributed by atoms with Crippen LogP contribution in [0.3, 0.4) is 0 Å². The predicted octanol–water partition coefficient (Wildman–Crippen LogP) is 3.49. The summed E-state index contributed by atoms with van der Waals surface area (Å²) in [6.45, 7) is 6.64. The van der Waals surface area contributed by atoms with Crippen molar-refractivity contribution in [2.45, 2.75) is 20.4 Å². The SMILES string of the molecule is CCN(CC)c1ccc(CNC(=O)c2cc(OC)c(OC)c(OC)c2)cc1. The highest BCUT2D eigenvalue weighted by Crippen LogP contribution is 2.38. The highest BCUT2D eigenvalue weighted by Gasteiger charge is 2.16. The Labute approximate surface area is 161 Å². The topological polar surface area (TPSA) is 60.0 Å². The fourth-order valence-corrected chi connectivity index (χ4v) is 2.91. The van der Waals surface area contributed by atoms with Gasteiger partial charge in [-0.2, -0.15) is 0 Å². The molecule has 0 aliphatic carbocycles. The van der Waals surface area contributed by atoms with Crippen LogP contribution in [0.5, 0.6) is 17.2 Å². The Morgan fingerprint density at radius 3 is 1.93 bits per heavy atom. The van der Waals surface area contributed by atoms with Gasteiger partial charge in [0.05, 0.1) is 21.3 Å². The number of nitrogens with zero attached hydrogens (tertiary/aromatic N) is 1. The Hall–Kier alpha value is -2.89. The second-order valence-electron chi connectivity index (χ2n) is 5.94. The number of nitrogens with one attached hydrogen (secondary N) is 1. The number of hydrogen-bond donors (Lipinski definition) is 1. The number of methoxy groups -OCH3 is 3. The Balaban J connectivity index is 2.09. The maximum Gasteiger partial charge on any atom is 0.251 e. The van der Waals surface area contributed by atoms with Crippen molar-refractivity contribution in [2.75, 3.05) is 39.3 Å². The Kier molecular flexibility index (Phi) is 7.34. The highest BCUT2D eigenvalue weighted by atomic mass is 16.5. The molecule has 27 heavy (non-hydrogen) atoms. The molecule has 0 spiro atoms. The van der Waals surface area contributed by atoms with Crippen LogP contribution in [0.25, 0.3) is 0 Å². The van der Waals surface area contributed by atoms with Crippen molar-refractivity contribution in [2.24, 2.45) is 0 Å². The van der Waals surface area contributed by atoms with Gasteiger partial charge in [-0.25, -0.2) is 0 Å². The number of hydrogen-bond acceptors (Lipinski definition) is 5. The summed E-state index contributed by atoms with van der Waals surface area (Å²) in [6.07, 6.45) is 0. The van der Waals surface area contributed by atoms with E-state index in [1.54, 1.807) is 12.1 Å². The Morgan fingerprint density at radius 2 is 1.48 bits per heavy atom. The quantitative estimate of drug-likeness (QED) is 0.730. The third kappa shape index (κ3) is 4.84. The summed E-state index contributed by atoms with van der Waals surface area (Å²) in [5, 5.41) is 2.93. The van der Waals surface area contributed by atoms with E-state index in [2.05, 4.69) is 36.2 Å². The summed E-state index contributed by atoms with van der Waals surface area (Å²) < 4.78 is 15.9. The van der Waals surface area contributed by atoms with Gasteiger partial charge >= 0.3 is 0 Å². The summed E-state index contributed by atoms with van der Waals surface area (Å²) in [7, 11) is 4.58. The molecule has 0 saturated carbocycles. The minimum Gasteiger partial charge on any atom is -0.493 e. The molecule has 0 aliphatic rings. The van der Waals surface area contributed by atoms with Gasteiger partial charge < -0.3 is 24.4 Å². The maximum atomic E-state index is 12.6. The Morgan fingerprint density at radius 1 is 0.926 bits per heavy atom. The molecular formula is C21H28N2O4. The molecule has 0 radical (unpaired) electrons. The van der Waals surface area contributed by atoms with Crippen molar-refractivity contribution in [1.82, 2.24) is 5.32 Å². The lowest BCUT2D eigenvalue weighted by Crippen LogP contribution is -2.23. The zero-order valence-corrected chi connectivity index (χ0v) is 16.7. The third-order valence-corrected chi connectivity index (χ3v) is 4.44. The molecule has 0 saturated heterocycles. The lowest BCUT2D eigenvalue weighted by Gasteiger charge is -2.21. The smallest absolute Gasteiger partial charge is 0.251 e. The van der Waals surface area contributed by atoms with Gasteiger partial charge in [0.2, 0.25) is 5.75 Å². The molecule has 0 aromatic heterocycles. The van der Waals surface area contributed by atoms with Gasteiger partial charge in [-0.05, 0) is 43.7 Å². The molecule has 1 amide bonds. The fraction of sp³-hybridized carbons (Fsp3) is 0.381. The molecule has 0 fully saturated rings. The van der Waals surface area contributed by atoms with Crippen molar-refractivity contribution in [3.8, 4) is 17.2 Å². The summed E-state index contributed by atoms with van der Waals surface area (Å²) in [5.74, 6) is 1.15. The van der Waals surface area contributed by atoms with Crippen LogP contribution in [0, 0.1) is 0 Å². The zero-order chi connectivity index (χ0) is 19.8. The summed E-state index contributed by atoms with van der Waals surface area (Å²) in [4.78, 5) is 14.8. The number of ether oxygens (including phenoxy) is 3. The maximum absolute atomic E-state index is 12.6. The van der Waals surface area contributed by atoms with Gasteiger partial charge in [0.15, 0.2) is 11.5 Å². The average molecular weight is 372 g/mol. The molecule has 0 unspecified atom stereocenters. The number of amides is 1. The zero-order valence-electron chi connectivity index (χ0n) is 16.7. The standard InChI is InChI=1S/C21H28N2O4/c1-6-23(7-2)17-10-8-15(9-11-17)14-22-21(24)16-12-18(25-3)20(27-5)19(13-16)26-4/h8-13H,6-7,14H2,1-5H3,(H,22,24). The first-order valence-electron chi connectivity index (χ1n) is 8.99. The molecule has 146 valence electrons. The average Bonchev–Trinajstić information content (AvgIpc) is 2.72. The van der Waals surface area contributed by atoms with Crippen LogP contribution in [0.1, 0.15) is 29.8 Å². The van der Waals surface area contributed by atoms with E-state index >= 15 is 0 Å². The molecule has 0 aliphatic heterocycles. The number of carbonyl (C=O) groups is 1. The van der Waals surface area contributed by atoms with Crippen LogP contribution in [-0.4, -0.2) is 40.3 Å². The van der Waals surface area contributed by atoms with Crippen LogP contribution >= 0.6 is 0 Å². The minimum atomic E-state index is -0.206. The van der Waals surface area contributed by atoms with E-state index in [0.29, 0.717) is 29.4 Å². The van der Waals surface area contributed by atoms with Crippen molar-refractivity contribution < 1.29 is 19.0 Å². The minimum absolute atomic E-state index is 0.206. The number of anilines is 1. The van der Waals surface area contributed by atoms with Gasteiger partial charge in [-0.3, -0.25) is 4.79 Å². The Bertz CT molecular complexity index is 730. The van der Waals surface area contributed by atoms with Crippen molar-refractivity contribution in [3.05, 3.63) is 47.5 Å². The van der Waals surface area contributed by atoms with Crippen LogP contribution in [-0.2, 0) is 6.54 Å². The van der Waals surface area contributed by atoms with E-state index in [4.69, 9.17) is 14.2 Å². The number of benzene rings is 2. The van der Waals surface area contributed by atoms with Crippen LogP contribution in [0.15, 0.2) is 36.4 Å². The van der Waals surface area contributed by atoms with E-state index < -0.39 is 0 Å². The fourth-order valence-electron chi connectivity index (χ4n) is 2.91. The van der Waals surface area contributed by atoms with Crippen LogP contribution in [0.2, 0.25) is 0 Å². The molecule has 2 aromatic rings.